The van der Waals surface area contributed by atoms with E-state index in [2.05, 4.69) is 23.5 Å². The molecular formula is C25H33ClN2O3S. The van der Waals surface area contributed by atoms with Crippen molar-refractivity contribution in [3.8, 4) is 0 Å². The highest BCUT2D eigenvalue weighted by atomic mass is 35.5. The van der Waals surface area contributed by atoms with Crippen LogP contribution in [0.4, 0.5) is 5.69 Å². The monoisotopic (exact) mass is 476 g/mol. The Morgan fingerprint density at radius 3 is 2.38 bits per heavy atom. The second-order valence-electron chi connectivity index (χ2n) is 8.62. The van der Waals surface area contributed by atoms with Crippen LogP contribution >= 0.6 is 11.6 Å². The molecule has 0 fully saturated rings. The Bertz CT molecular complexity index is 1080. The third-order valence-corrected chi connectivity index (χ3v) is 7.64. The molecule has 7 heteroatoms. The number of anilines is 1. The fourth-order valence-electron chi connectivity index (χ4n) is 4.51. The zero-order chi connectivity index (χ0) is 23.5. The molecule has 3 rings (SSSR count). The first-order valence-corrected chi connectivity index (χ1v) is 13.6. The molecule has 0 heterocycles. The highest BCUT2D eigenvalue weighted by Crippen LogP contribution is 2.30. The third-order valence-electron chi connectivity index (χ3n) is 6.24. The third kappa shape index (κ3) is 5.46. The number of rotatable bonds is 8. The molecule has 0 aliphatic heterocycles. The molecule has 1 amide bonds. The maximum atomic E-state index is 13.4. The van der Waals surface area contributed by atoms with Gasteiger partial charge in [-0.15, -0.1) is 0 Å². The van der Waals surface area contributed by atoms with Crippen LogP contribution in [0.15, 0.2) is 36.4 Å². The average molecular weight is 477 g/mol. The fourth-order valence-corrected chi connectivity index (χ4v) is 5.94. The molecule has 5 nitrogen and oxygen atoms in total. The second-order valence-corrected chi connectivity index (χ2v) is 10.9. The number of nitrogens with one attached hydrogen (secondary N) is 1. The molecular weight excluding hydrogens is 444 g/mol. The summed E-state index contributed by atoms with van der Waals surface area (Å²) in [6.45, 7) is 5.67. The highest BCUT2D eigenvalue weighted by Gasteiger charge is 2.33. The van der Waals surface area contributed by atoms with E-state index in [1.807, 2.05) is 20.8 Å². The van der Waals surface area contributed by atoms with Crippen LogP contribution < -0.4 is 9.62 Å². The SMILES string of the molecule is CC[C@H](NC(=O)[C@H](CC)N(c1cc(Cl)ccc1C)S(C)(=O)=O)c1ccc2c(c1)CCCC2. The van der Waals surface area contributed by atoms with E-state index in [0.29, 0.717) is 17.1 Å². The van der Waals surface area contributed by atoms with E-state index in [4.69, 9.17) is 11.6 Å². The van der Waals surface area contributed by atoms with E-state index in [0.717, 1.165) is 36.6 Å². The van der Waals surface area contributed by atoms with Gasteiger partial charge < -0.3 is 5.32 Å². The predicted octanol–water partition coefficient (Wildman–Crippen LogP) is 5.34. The molecule has 0 saturated heterocycles. The molecule has 174 valence electrons. The lowest BCUT2D eigenvalue weighted by atomic mass is 9.88. The van der Waals surface area contributed by atoms with Crippen LogP contribution in [0.5, 0.6) is 0 Å². The van der Waals surface area contributed by atoms with Crippen molar-refractivity contribution in [2.45, 2.75) is 71.4 Å². The van der Waals surface area contributed by atoms with E-state index >= 15 is 0 Å². The van der Waals surface area contributed by atoms with E-state index < -0.39 is 16.1 Å². The summed E-state index contributed by atoms with van der Waals surface area (Å²) in [6.07, 6.45) is 6.79. The van der Waals surface area contributed by atoms with Crippen LogP contribution in [0.2, 0.25) is 5.02 Å². The topological polar surface area (TPSA) is 66.5 Å². The number of carbonyl (C=O) groups excluding carboxylic acids is 1. The van der Waals surface area contributed by atoms with Gasteiger partial charge in [0.05, 0.1) is 18.0 Å². The minimum atomic E-state index is -3.72. The molecule has 1 aliphatic carbocycles. The lowest BCUT2D eigenvalue weighted by molar-refractivity contribution is -0.123. The van der Waals surface area contributed by atoms with Crippen molar-refractivity contribution in [2.75, 3.05) is 10.6 Å². The van der Waals surface area contributed by atoms with Crippen LogP contribution in [-0.4, -0.2) is 26.6 Å². The van der Waals surface area contributed by atoms with Crippen molar-refractivity contribution in [1.29, 1.82) is 0 Å². The first-order valence-electron chi connectivity index (χ1n) is 11.3. The standard InChI is InChI=1S/C25H33ClN2O3S/c1-5-22(20-13-12-18-9-7-8-10-19(18)15-20)27-25(29)23(6-2)28(32(4,30)31)24-16-21(26)14-11-17(24)3/h11-16,22-23H,5-10H2,1-4H3,(H,27,29)/t22-,23-/m0/s1. The van der Waals surface area contributed by atoms with Crippen molar-refractivity contribution >= 4 is 33.2 Å². The van der Waals surface area contributed by atoms with Gasteiger partial charge in [0, 0.05) is 5.02 Å². The van der Waals surface area contributed by atoms with Gasteiger partial charge in [0.1, 0.15) is 6.04 Å². The summed E-state index contributed by atoms with van der Waals surface area (Å²) in [6, 6.07) is 10.5. The zero-order valence-electron chi connectivity index (χ0n) is 19.3. The van der Waals surface area contributed by atoms with Crippen LogP contribution in [-0.2, 0) is 27.7 Å². The van der Waals surface area contributed by atoms with E-state index in [-0.39, 0.29) is 11.9 Å². The van der Waals surface area contributed by atoms with Gasteiger partial charge in [-0.25, -0.2) is 8.42 Å². The van der Waals surface area contributed by atoms with Crippen LogP contribution in [0.25, 0.3) is 0 Å². The minimum absolute atomic E-state index is 0.175. The van der Waals surface area contributed by atoms with Crippen molar-refractivity contribution in [3.05, 3.63) is 63.7 Å². The summed E-state index contributed by atoms with van der Waals surface area (Å²) < 4.78 is 26.8. The summed E-state index contributed by atoms with van der Waals surface area (Å²) in [7, 11) is -3.72. The molecule has 2 aromatic rings. The Labute approximate surface area is 197 Å². The smallest absolute Gasteiger partial charge is 0.244 e. The number of fused-ring (bicyclic) bond motifs is 1. The Hall–Kier alpha value is -2.05. The number of hydrogen-bond donors (Lipinski definition) is 1. The molecule has 0 aromatic heterocycles. The van der Waals surface area contributed by atoms with Crippen LogP contribution in [0, 0.1) is 6.92 Å². The molecule has 2 aromatic carbocycles. The number of aryl methyl sites for hydroxylation is 3. The zero-order valence-corrected chi connectivity index (χ0v) is 20.9. The summed E-state index contributed by atoms with van der Waals surface area (Å²) >= 11 is 6.16. The molecule has 0 bridgehead atoms. The van der Waals surface area contributed by atoms with Gasteiger partial charge in [0.15, 0.2) is 0 Å². The molecule has 0 radical (unpaired) electrons. The van der Waals surface area contributed by atoms with Crippen molar-refractivity contribution in [3.63, 3.8) is 0 Å². The number of sulfonamides is 1. The summed E-state index contributed by atoms with van der Waals surface area (Å²) in [5, 5.41) is 3.55. The Balaban J connectivity index is 1.91. The lowest BCUT2D eigenvalue weighted by Crippen LogP contribution is -2.50. The highest BCUT2D eigenvalue weighted by molar-refractivity contribution is 7.92. The van der Waals surface area contributed by atoms with Gasteiger partial charge >= 0.3 is 0 Å². The van der Waals surface area contributed by atoms with Gasteiger partial charge in [-0.2, -0.15) is 0 Å². The Morgan fingerprint density at radius 2 is 1.75 bits per heavy atom. The number of nitrogens with zero attached hydrogens (tertiary/aromatic N) is 1. The predicted molar refractivity (Wildman–Crippen MR) is 132 cm³/mol. The van der Waals surface area contributed by atoms with Crippen molar-refractivity contribution in [2.24, 2.45) is 0 Å². The van der Waals surface area contributed by atoms with E-state index in [1.165, 1.54) is 28.3 Å². The average Bonchev–Trinajstić information content (AvgIpc) is 2.76. The maximum absolute atomic E-state index is 13.4. The van der Waals surface area contributed by atoms with Gasteiger partial charge in [-0.1, -0.05) is 49.7 Å². The minimum Gasteiger partial charge on any atom is -0.347 e. The first-order chi connectivity index (χ1) is 15.2. The molecule has 32 heavy (non-hydrogen) atoms. The molecule has 1 N–H and O–H groups in total. The molecule has 1 aliphatic rings. The lowest BCUT2D eigenvalue weighted by Gasteiger charge is -2.32. The van der Waals surface area contributed by atoms with E-state index in [1.54, 1.807) is 18.2 Å². The van der Waals surface area contributed by atoms with Gasteiger partial charge in [0.25, 0.3) is 0 Å². The second kappa shape index (κ2) is 10.3. The molecule has 0 unspecified atom stereocenters. The maximum Gasteiger partial charge on any atom is 0.244 e. The van der Waals surface area contributed by atoms with Gasteiger partial charge in [-0.3, -0.25) is 9.10 Å². The number of amides is 1. The number of carbonyl (C=O) groups is 1. The molecule has 0 spiro atoms. The number of halogens is 1. The van der Waals surface area contributed by atoms with Gasteiger partial charge in [-0.05, 0) is 79.8 Å². The molecule has 0 saturated carbocycles. The fraction of sp³-hybridized carbons (Fsp3) is 0.480. The normalized spacial score (nSPS) is 15.5. The molecule has 2 atom stereocenters. The summed E-state index contributed by atoms with van der Waals surface area (Å²) in [5.41, 5.74) is 5.01. The van der Waals surface area contributed by atoms with Crippen molar-refractivity contribution < 1.29 is 13.2 Å². The van der Waals surface area contributed by atoms with Crippen molar-refractivity contribution in [1.82, 2.24) is 5.32 Å². The quantitative estimate of drug-likeness (QED) is 0.559. The Kier molecular flexibility index (Phi) is 7.88. The Morgan fingerprint density at radius 1 is 1.06 bits per heavy atom. The summed E-state index contributed by atoms with van der Waals surface area (Å²) in [4.78, 5) is 13.4. The number of benzene rings is 2. The number of hydrogen-bond acceptors (Lipinski definition) is 3. The first kappa shape index (κ1) is 24.6. The van der Waals surface area contributed by atoms with Crippen LogP contribution in [0.1, 0.15) is 67.8 Å². The van der Waals surface area contributed by atoms with E-state index in [9.17, 15) is 13.2 Å². The summed E-state index contributed by atoms with van der Waals surface area (Å²) in [5.74, 6) is -0.304. The van der Waals surface area contributed by atoms with Crippen LogP contribution in [0.3, 0.4) is 0 Å². The van der Waals surface area contributed by atoms with Gasteiger partial charge in [0.2, 0.25) is 15.9 Å². The largest absolute Gasteiger partial charge is 0.347 e.